The van der Waals surface area contributed by atoms with Gasteiger partial charge in [-0.05, 0) is 38.5 Å². The van der Waals surface area contributed by atoms with E-state index in [9.17, 15) is 19.7 Å². The molecule has 0 saturated carbocycles. The van der Waals surface area contributed by atoms with Crippen molar-refractivity contribution in [3.05, 3.63) is 57.9 Å². The Morgan fingerprint density at radius 1 is 1.27 bits per heavy atom. The fourth-order valence-electron chi connectivity index (χ4n) is 2.37. The van der Waals surface area contributed by atoms with Gasteiger partial charge in [0.15, 0.2) is 0 Å². The predicted octanol–water partition coefficient (Wildman–Crippen LogP) is 3.07. The molecular weight excluding hydrogens is 338 g/mol. The lowest BCUT2D eigenvalue weighted by Gasteiger charge is -2.19. The molecule has 1 heterocycles. The number of nitrogens with zero attached hydrogens (tertiary/aromatic N) is 2. The van der Waals surface area contributed by atoms with Crippen molar-refractivity contribution < 1.29 is 19.2 Å². The first-order valence-corrected chi connectivity index (χ1v) is 7.98. The Hall–Kier alpha value is -3.16. The monoisotopic (exact) mass is 359 g/mol. The number of nitro groups is 1. The molecule has 0 saturated heterocycles. The number of carbonyl (C=O) groups is 2. The van der Waals surface area contributed by atoms with E-state index in [4.69, 9.17) is 4.74 Å². The van der Waals surface area contributed by atoms with Gasteiger partial charge in [-0.1, -0.05) is 12.1 Å². The Kier molecular flexibility index (Phi) is 5.44. The van der Waals surface area contributed by atoms with Crippen molar-refractivity contribution in [2.24, 2.45) is 7.05 Å². The lowest BCUT2D eigenvalue weighted by molar-refractivity contribution is -0.384. The molecule has 8 heteroatoms. The summed E-state index contributed by atoms with van der Waals surface area (Å²) in [6.07, 6.45) is 1.35. The van der Waals surface area contributed by atoms with Gasteiger partial charge in [-0.2, -0.15) is 0 Å². The third-order valence-electron chi connectivity index (χ3n) is 3.39. The Morgan fingerprint density at radius 2 is 1.96 bits per heavy atom. The molecule has 0 aliphatic rings. The first-order valence-electron chi connectivity index (χ1n) is 7.98. The van der Waals surface area contributed by atoms with Crippen molar-refractivity contribution in [2.45, 2.75) is 32.8 Å². The van der Waals surface area contributed by atoms with Crippen LogP contribution in [-0.4, -0.2) is 27.0 Å². The average molecular weight is 359 g/mol. The molecule has 8 nitrogen and oxygen atoms in total. The van der Waals surface area contributed by atoms with Crippen molar-refractivity contribution in [1.29, 1.82) is 0 Å². The van der Waals surface area contributed by atoms with Crippen molar-refractivity contribution in [3.63, 3.8) is 0 Å². The summed E-state index contributed by atoms with van der Waals surface area (Å²) in [7, 11) is 1.56. The molecule has 1 aromatic carbocycles. The van der Waals surface area contributed by atoms with Crippen LogP contribution < -0.4 is 5.32 Å². The number of hydrogen-bond donors (Lipinski definition) is 1. The second-order valence-electron chi connectivity index (χ2n) is 6.87. The van der Waals surface area contributed by atoms with Crippen LogP contribution in [-0.2, 0) is 23.0 Å². The second kappa shape index (κ2) is 7.38. The number of amides is 1. The minimum Gasteiger partial charge on any atom is -0.460 e. The fraction of sp³-hybridized carbons (Fsp3) is 0.333. The Labute approximate surface area is 150 Å². The summed E-state index contributed by atoms with van der Waals surface area (Å²) in [6.45, 7) is 5.38. The van der Waals surface area contributed by atoms with E-state index in [1.54, 1.807) is 52.1 Å². The zero-order valence-electron chi connectivity index (χ0n) is 15.1. The lowest BCUT2D eigenvalue weighted by atomic mass is 10.1. The maximum absolute atomic E-state index is 12.3. The van der Waals surface area contributed by atoms with Gasteiger partial charge < -0.3 is 14.6 Å². The molecule has 2 aromatic rings. The summed E-state index contributed by atoms with van der Waals surface area (Å²) in [5.74, 6) is -0.839. The lowest BCUT2D eigenvalue weighted by Crippen LogP contribution is -2.24. The Morgan fingerprint density at radius 3 is 2.54 bits per heavy atom. The van der Waals surface area contributed by atoms with Crippen LogP contribution in [0.1, 0.15) is 36.8 Å². The Bertz CT molecular complexity index is 849. The highest BCUT2D eigenvalue weighted by atomic mass is 16.6. The largest absolute Gasteiger partial charge is 0.460 e. The number of aromatic nitrogens is 1. The average Bonchev–Trinajstić information content (AvgIpc) is 2.88. The van der Waals surface area contributed by atoms with Gasteiger partial charge in [-0.15, -0.1) is 0 Å². The molecule has 0 fully saturated rings. The molecule has 0 aliphatic heterocycles. The molecule has 1 aromatic heterocycles. The predicted molar refractivity (Wildman–Crippen MR) is 96.0 cm³/mol. The van der Waals surface area contributed by atoms with Gasteiger partial charge in [0.1, 0.15) is 11.3 Å². The van der Waals surface area contributed by atoms with Gasteiger partial charge in [0, 0.05) is 18.8 Å². The zero-order chi connectivity index (χ0) is 19.5. The number of anilines is 1. The van der Waals surface area contributed by atoms with Crippen LogP contribution in [0.4, 0.5) is 11.4 Å². The van der Waals surface area contributed by atoms with Gasteiger partial charge in [-0.3, -0.25) is 19.7 Å². The minimum absolute atomic E-state index is 0.0800. The molecule has 1 amide bonds. The van der Waals surface area contributed by atoms with Gasteiger partial charge >= 0.3 is 5.97 Å². The standard InChI is InChI=1S/C18H21N3O5/c1-18(2,3)26-16(22)9-12-6-5-7-13(8-12)19-17(23)15-10-14(21(24)25)11-20(15)4/h5-8,10-11H,9H2,1-4H3,(H,19,23). The molecular formula is C18H21N3O5. The van der Waals surface area contributed by atoms with Crippen LogP contribution in [0.5, 0.6) is 0 Å². The van der Waals surface area contributed by atoms with Crippen LogP contribution in [0.3, 0.4) is 0 Å². The number of esters is 1. The molecule has 0 spiro atoms. The minimum atomic E-state index is -0.565. The van der Waals surface area contributed by atoms with Gasteiger partial charge in [0.2, 0.25) is 0 Å². The normalized spacial score (nSPS) is 11.1. The summed E-state index contributed by atoms with van der Waals surface area (Å²) in [5, 5.41) is 13.5. The highest BCUT2D eigenvalue weighted by Gasteiger charge is 2.19. The molecule has 26 heavy (non-hydrogen) atoms. The molecule has 0 unspecified atom stereocenters. The van der Waals surface area contributed by atoms with E-state index >= 15 is 0 Å². The van der Waals surface area contributed by atoms with Crippen molar-refractivity contribution in [1.82, 2.24) is 4.57 Å². The van der Waals surface area contributed by atoms with Crippen LogP contribution in [0, 0.1) is 10.1 Å². The van der Waals surface area contributed by atoms with E-state index in [1.165, 1.54) is 16.8 Å². The smallest absolute Gasteiger partial charge is 0.310 e. The van der Waals surface area contributed by atoms with Crippen molar-refractivity contribution >= 4 is 23.3 Å². The number of benzene rings is 1. The number of nitrogens with one attached hydrogen (secondary N) is 1. The first-order chi connectivity index (χ1) is 12.0. The van der Waals surface area contributed by atoms with E-state index < -0.39 is 16.4 Å². The van der Waals surface area contributed by atoms with Crippen LogP contribution in [0.15, 0.2) is 36.5 Å². The van der Waals surface area contributed by atoms with Crippen LogP contribution >= 0.6 is 0 Å². The number of aryl methyl sites for hydroxylation is 1. The van der Waals surface area contributed by atoms with Gasteiger partial charge in [-0.25, -0.2) is 0 Å². The summed E-state index contributed by atoms with van der Waals surface area (Å²) >= 11 is 0. The molecule has 2 rings (SSSR count). The molecule has 0 radical (unpaired) electrons. The Balaban J connectivity index is 2.09. The van der Waals surface area contributed by atoms with Crippen LogP contribution in [0.25, 0.3) is 0 Å². The summed E-state index contributed by atoms with van der Waals surface area (Å²) in [4.78, 5) is 34.5. The first kappa shape index (κ1) is 19.2. The van der Waals surface area contributed by atoms with E-state index in [2.05, 4.69) is 5.32 Å². The quantitative estimate of drug-likeness (QED) is 0.502. The molecule has 1 N–H and O–H groups in total. The van der Waals surface area contributed by atoms with Crippen LogP contribution in [0.2, 0.25) is 0 Å². The van der Waals surface area contributed by atoms with Gasteiger partial charge in [0.05, 0.1) is 17.5 Å². The summed E-state index contributed by atoms with van der Waals surface area (Å²) < 4.78 is 6.67. The SMILES string of the molecule is Cn1cc([N+](=O)[O-])cc1C(=O)Nc1cccc(CC(=O)OC(C)(C)C)c1. The topological polar surface area (TPSA) is 103 Å². The third-order valence-corrected chi connectivity index (χ3v) is 3.39. The van der Waals surface area contributed by atoms with Crippen molar-refractivity contribution in [2.75, 3.05) is 5.32 Å². The fourth-order valence-corrected chi connectivity index (χ4v) is 2.37. The van der Waals surface area contributed by atoms with E-state index in [-0.39, 0.29) is 23.8 Å². The van der Waals surface area contributed by atoms with Crippen molar-refractivity contribution in [3.8, 4) is 0 Å². The molecule has 0 aliphatic carbocycles. The number of carbonyl (C=O) groups excluding carboxylic acids is 2. The summed E-state index contributed by atoms with van der Waals surface area (Å²) in [6, 6.07) is 8.02. The van der Waals surface area contributed by atoms with E-state index in [1.807, 2.05) is 0 Å². The highest BCUT2D eigenvalue weighted by Crippen LogP contribution is 2.18. The summed E-state index contributed by atoms with van der Waals surface area (Å²) in [5.41, 5.74) is 0.616. The molecule has 0 atom stereocenters. The number of ether oxygens (including phenoxy) is 1. The second-order valence-corrected chi connectivity index (χ2v) is 6.87. The molecule has 0 bridgehead atoms. The number of rotatable bonds is 5. The van der Waals surface area contributed by atoms with Gasteiger partial charge in [0.25, 0.3) is 11.6 Å². The highest BCUT2D eigenvalue weighted by molar-refractivity contribution is 6.03. The maximum Gasteiger partial charge on any atom is 0.310 e. The molecule has 138 valence electrons. The maximum atomic E-state index is 12.3. The van der Waals surface area contributed by atoms with E-state index in [0.29, 0.717) is 11.3 Å². The van der Waals surface area contributed by atoms with E-state index in [0.717, 1.165) is 0 Å². The number of hydrogen-bond acceptors (Lipinski definition) is 5. The zero-order valence-corrected chi connectivity index (χ0v) is 15.1. The third kappa shape index (κ3) is 5.17.